The van der Waals surface area contributed by atoms with Crippen molar-refractivity contribution in [1.82, 2.24) is 14.5 Å². The Morgan fingerprint density at radius 1 is 0.565 bits per heavy atom. The fourth-order valence-corrected chi connectivity index (χ4v) is 8.51. The molecule has 0 atom stereocenters. The summed E-state index contributed by atoms with van der Waals surface area (Å²) in [6.45, 7) is 13.1. The number of pyridine rings is 1. The number of para-hydroxylation sites is 3. The Morgan fingerprint density at radius 3 is 1.97 bits per heavy atom. The first kappa shape index (κ1) is 40.8. The van der Waals surface area contributed by atoms with Crippen LogP contribution in [0.4, 0.5) is 0 Å². The van der Waals surface area contributed by atoms with Crippen molar-refractivity contribution in [2.24, 2.45) is 0 Å². The monoisotopic (exact) mass is 987 g/mol. The van der Waals surface area contributed by atoms with Gasteiger partial charge >= 0.3 is 0 Å². The molecule has 5 nitrogen and oxygen atoms in total. The molecule has 62 heavy (non-hydrogen) atoms. The molecule has 0 aliphatic heterocycles. The number of furan rings is 1. The molecule has 308 valence electrons. The molecule has 3 aromatic heterocycles. The number of imidazole rings is 1. The van der Waals surface area contributed by atoms with Gasteiger partial charge in [-0.1, -0.05) is 180 Å². The molecule has 3 heterocycles. The van der Waals surface area contributed by atoms with Gasteiger partial charge in [-0.2, -0.15) is 0 Å². The van der Waals surface area contributed by atoms with E-state index in [0.29, 0.717) is 11.4 Å². The van der Waals surface area contributed by atoms with Crippen molar-refractivity contribution >= 4 is 33.0 Å². The van der Waals surface area contributed by atoms with E-state index in [2.05, 4.69) is 180 Å². The third-order valence-corrected chi connectivity index (χ3v) is 11.7. The Balaban J connectivity index is 0.00000490. The summed E-state index contributed by atoms with van der Waals surface area (Å²) in [7, 11) is 0. The van der Waals surface area contributed by atoms with E-state index < -0.39 is 0 Å². The maximum absolute atomic E-state index is 12.4. The van der Waals surface area contributed by atoms with Gasteiger partial charge in [0.25, 0.3) is 0 Å². The summed E-state index contributed by atoms with van der Waals surface area (Å²) in [6.07, 6.45) is 1.82. The van der Waals surface area contributed by atoms with E-state index in [0.717, 1.165) is 94.4 Å². The molecule has 0 fully saturated rings. The average Bonchev–Trinajstić information content (AvgIpc) is 3.84. The Morgan fingerprint density at radius 2 is 1.23 bits per heavy atom. The second-order valence-corrected chi connectivity index (χ2v) is 18.0. The number of rotatable bonds is 6. The van der Waals surface area contributed by atoms with Crippen molar-refractivity contribution < 1.29 is 30.6 Å². The van der Waals surface area contributed by atoms with Gasteiger partial charge in [0.15, 0.2) is 5.58 Å². The Kier molecular flexibility index (Phi) is 10.4. The quantitative estimate of drug-likeness (QED) is 0.169. The van der Waals surface area contributed by atoms with E-state index in [1.165, 1.54) is 0 Å². The fourth-order valence-electron chi connectivity index (χ4n) is 8.51. The van der Waals surface area contributed by atoms with Gasteiger partial charge in [0.2, 0.25) is 0 Å². The van der Waals surface area contributed by atoms with Crippen LogP contribution in [0.3, 0.4) is 0 Å². The molecule has 7 aromatic carbocycles. The van der Waals surface area contributed by atoms with E-state index in [-0.39, 0.29) is 37.6 Å². The first-order chi connectivity index (χ1) is 29.4. The molecule has 10 aromatic rings. The molecule has 0 bridgehead atoms. The maximum Gasteiger partial charge on any atom is 0.152 e. The largest absolute Gasteiger partial charge is 0.507 e. The van der Waals surface area contributed by atoms with E-state index >= 15 is 0 Å². The summed E-state index contributed by atoms with van der Waals surface area (Å²) in [5.74, 6) is 0.905. The predicted octanol–water partition coefficient (Wildman–Crippen LogP) is 14.8. The molecule has 0 spiro atoms. The third kappa shape index (κ3) is 7.25. The van der Waals surface area contributed by atoms with Crippen LogP contribution in [0.2, 0.25) is 0 Å². The zero-order valence-electron chi connectivity index (χ0n) is 35.6. The van der Waals surface area contributed by atoms with Crippen molar-refractivity contribution in [1.29, 1.82) is 0 Å². The third-order valence-electron chi connectivity index (χ3n) is 11.7. The van der Waals surface area contributed by atoms with E-state index in [9.17, 15) is 5.11 Å². The van der Waals surface area contributed by atoms with E-state index in [4.69, 9.17) is 14.4 Å². The summed E-state index contributed by atoms with van der Waals surface area (Å²) in [6, 6.07) is 58.4. The zero-order valence-corrected chi connectivity index (χ0v) is 37.9. The van der Waals surface area contributed by atoms with Gasteiger partial charge in [0, 0.05) is 48.7 Å². The van der Waals surface area contributed by atoms with Crippen molar-refractivity contribution in [2.45, 2.75) is 52.4 Å². The van der Waals surface area contributed by atoms with Crippen molar-refractivity contribution in [3.8, 4) is 67.5 Å². The van der Waals surface area contributed by atoms with Gasteiger partial charge in [-0.05, 0) is 51.8 Å². The Labute approximate surface area is 377 Å². The number of fused-ring (bicyclic) bond motifs is 4. The van der Waals surface area contributed by atoms with Crippen LogP contribution in [0.1, 0.15) is 52.7 Å². The molecular weight excluding hydrogens is 942 g/mol. The molecule has 0 saturated carbocycles. The van der Waals surface area contributed by atoms with Crippen LogP contribution in [0.25, 0.3) is 94.7 Å². The number of benzene rings is 7. The molecule has 0 aliphatic carbocycles. The zero-order chi connectivity index (χ0) is 42.0. The summed E-state index contributed by atoms with van der Waals surface area (Å²) in [5.41, 5.74) is 14.2. The van der Waals surface area contributed by atoms with Crippen molar-refractivity contribution in [3.63, 3.8) is 0 Å². The van der Waals surface area contributed by atoms with Crippen LogP contribution in [0.5, 0.6) is 5.75 Å². The number of hydrogen-bond acceptors (Lipinski definition) is 4. The second kappa shape index (κ2) is 15.7. The van der Waals surface area contributed by atoms with Gasteiger partial charge in [-0.25, -0.2) is 4.98 Å². The molecule has 10 rings (SSSR count). The number of phenols is 1. The summed E-state index contributed by atoms with van der Waals surface area (Å²) in [4.78, 5) is 10.5. The summed E-state index contributed by atoms with van der Waals surface area (Å²) >= 11 is 0. The van der Waals surface area contributed by atoms with Gasteiger partial charge in [0.05, 0.1) is 28.5 Å². The topological polar surface area (TPSA) is 64.1 Å². The number of phenolic OH excluding ortho intramolecular Hbond substituents is 1. The number of nitrogens with zero attached hydrogens (tertiary/aromatic N) is 3. The van der Waals surface area contributed by atoms with Gasteiger partial charge in [-0.3, -0.25) is 9.55 Å². The summed E-state index contributed by atoms with van der Waals surface area (Å²) < 4.78 is 8.39. The number of hydrogen-bond donors (Lipinski definition) is 1. The first-order valence-electron chi connectivity index (χ1n) is 20.9. The predicted molar refractivity (Wildman–Crippen MR) is 251 cm³/mol. The number of aromatic hydroxyl groups is 1. The van der Waals surface area contributed by atoms with Crippen LogP contribution in [-0.2, 0) is 31.9 Å². The van der Waals surface area contributed by atoms with Gasteiger partial charge < -0.3 is 9.52 Å². The molecule has 1 N–H and O–H groups in total. The molecule has 6 heteroatoms. The molecule has 0 unspecified atom stereocenters. The van der Waals surface area contributed by atoms with E-state index in [1.54, 1.807) is 0 Å². The van der Waals surface area contributed by atoms with Crippen LogP contribution < -0.4 is 0 Å². The molecule has 0 aliphatic rings. The normalized spacial score (nSPS) is 12.0. The summed E-state index contributed by atoms with van der Waals surface area (Å²) in [5, 5.41) is 14.5. The smallest absolute Gasteiger partial charge is 0.152 e. The van der Waals surface area contributed by atoms with E-state index in [1.807, 2.05) is 36.5 Å². The van der Waals surface area contributed by atoms with Crippen molar-refractivity contribution in [2.75, 3.05) is 0 Å². The molecule has 0 amide bonds. The second-order valence-electron chi connectivity index (χ2n) is 18.0. The minimum absolute atomic E-state index is 0. The molecular formula is C56H46N3O2Pt-. The van der Waals surface area contributed by atoms with Crippen LogP contribution in [-0.4, -0.2) is 19.6 Å². The standard InChI is InChI=1S/C56H46N3O2.Pt/c1-55(2,3)40-31-45(53(60)46(32-40)56(4,5)6)54-58-52-42(24-17-26-49(52)59(54)48-25-15-13-22-41(48)36-20-11-8-12-21-36)38-28-37(35-18-9-7-10-19-35)29-39(30-38)47-33-44-43-23-14-16-27-50(43)61-51(44)34-57-47;/h7-29,31-34,60H,1-6H3;/q-1;. The average molecular weight is 988 g/mol. The Hall–Kier alpha value is -6.55. The van der Waals surface area contributed by atoms with Crippen LogP contribution in [0.15, 0.2) is 168 Å². The van der Waals surface area contributed by atoms with Gasteiger partial charge in [-0.15, -0.1) is 23.8 Å². The maximum atomic E-state index is 12.4. The SMILES string of the molecule is CC(C)(C)c1cc(-c2nc3c(-c4[c-]c(-c5cc6c(cn5)oc5ccccc56)cc(-c5ccccc5)c4)cccc3n2-c2ccccc2-c2ccccc2)c(O)c(C(C)(C)C)c1.[Pt]. The van der Waals surface area contributed by atoms with Crippen LogP contribution >= 0.6 is 0 Å². The first-order valence-corrected chi connectivity index (χ1v) is 20.9. The minimum atomic E-state index is -0.326. The fraction of sp³-hybridized carbons (Fsp3) is 0.143. The minimum Gasteiger partial charge on any atom is -0.507 e. The Bertz CT molecular complexity index is 3280. The van der Waals surface area contributed by atoms with Crippen molar-refractivity contribution in [3.05, 3.63) is 181 Å². The van der Waals surface area contributed by atoms with Gasteiger partial charge in [0.1, 0.15) is 17.2 Å². The molecule has 0 saturated heterocycles. The number of aromatic nitrogens is 3. The van der Waals surface area contributed by atoms with Crippen LogP contribution in [0, 0.1) is 6.07 Å². The molecule has 0 radical (unpaired) electrons.